The lowest BCUT2D eigenvalue weighted by atomic mass is 10.2. The van der Waals surface area contributed by atoms with Gasteiger partial charge in [0, 0.05) is 17.0 Å². The van der Waals surface area contributed by atoms with Gasteiger partial charge in [-0.05, 0) is 42.5 Å². The molecule has 0 N–H and O–H groups in total. The Labute approximate surface area is 155 Å². The summed E-state index contributed by atoms with van der Waals surface area (Å²) in [6.07, 6.45) is 2.60. The van der Waals surface area contributed by atoms with Gasteiger partial charge in [-0.15, -0.1) is 0 Å². The van der Waals surface area contributed by atoms with E-state index in [4.69, 9.17) is 8.83 Å². The van der Waals surface area contributed by atoms with Gasteiger partial charge in [-0.1, -0.05) is 11.8 Å². The lowest BCUT2D eigenvalue weighted by Gasteiger charge is -1.97. The number of hydrogen-bond acceptors (Lipinski definition) is 8. The molecule has 0 bridgehead atoms. The number of ketones is 1. The van der Waals surface area contributed by atoms with Gasteiger partial charge in [0.25, 0.3) is 5.69 Å². The molecule has 0 saturated carbocycles. The Kier molecular flexibility index (Phi) is 5.18. The maximum absolute atomic E-state index is 11.9. The zero-order chi connectivity index (χ0) is 19.4. The molecule has 0 fully saturated rings. The summed E-state index contributed by atoms with van der Waals surface area (Å²) in [5, 5.41) is 21.7. The lowest BCUT2D eigenvalue weighted by Crippen LogP contribution is -1.90. The minimum atomic E-state index is -0.727. The molecule has 0 aliphatic rings. The van der Waals surface area contributed by atoms with Crippen molar-refractivity contribution in [1.82, 2.24) is 0 Å². The van der Waals surface area contributed by atoms with Crippen LogP contribution in [0.5, 0.6) is 0 Å². The Hall–Kier alpha value is -3.66. The van der Waals surface area contributed by atoms with Gasteiger partial charge in [0.15, 0.2) is 10.9 Å². The highest BCUT2D eigenvalue weighted by atomic mass is 32.2. The van der Waals surface area contributed by atoms with E-state index in [2.05, 4.69) is 0 Å². The van der Waals surface area contributed by atoms with E-state index in [0.29, 0.717) is 10.9 Å². The van der Waals surface area contributed by atoms with Gasteiger partial charge in [-0.2, -0.15) is 0 Å². The van der Waals surface area contributed by atoms with E-state index in [1.807, 2.05) is 0 Å². The van der Waals surface area contributed by atoms with Gasteiger partial charge < -0.3 is 8.83 Å². The highest BCUT2D eigenvalue weighted by Crippen LogP contribution is 2.30. The van der Waals surface area contributed by atoms with E-state index in [-0.39, 0.29) is 11.4 Å². The van der Waals surface area contributed by atoms with Crippen molar-refractivity contribution in [2.75, 3.05) is 0 Å². The Morgan fingerprint density at radius 1 is 0.926 bits per heavy atom. The first-order valence-electron chi connectivity index (χ1n) is 7.41. The zero-order valence-corrected chi connectivity index (χ0v) is 14.3. The Morgan fingerprint density at radius 2 is 1.67 bits per heavy atom. The van der Waals surface area contributed by atoms with E-state index in [9.17, 15) is 25.0 Å². The van der Waals surface area contributed by atoms with Gasteiger partial charge in [0.05, 0.1) is 11.0 Å². The van der Waals surface area contributed by atoms with E-state index >= 15 is 0 Å². The fourth-order valence-corrected chi connectivity index (χ4v) is 2.81. The topological polar surface area (TPSA) is 130 Å². The summed E-state index contributed by atoms with van der Waals surface area (Å²) in [6.45, 7) is 0. The predicted octanol–water partition coefficient (Wildman–Crippen LogP) is 4.74. The van der Waals surface area contributed by atoms with Gasteiger partial charge >= 0.3 is 5.88 Å². The third kappa shape index (κ3) is 4.50. The first kappa shape index (κ1) is 18.1. The van der Waals surface area contributed by atoms with Gasteiger partial charge in [-0.25, -0.2) is 0 Å². The molecule has 2 aromatic heterocycles. The highest BCUT2D eigenvalue weighted by Gasteiger charge is 2.15. The molecule has 2 heterocycles. The Balaban J connectivity index is 1.64. The van der Waals surface area contributed by atoms with Crippen molar-refractivity contribution in [3.05, 3.63) is 86.4 Å². The molecule has 1 aromatic carbocycles. The number of carbonyl (C=O) groups excluding carboxylic acids is 1. The zero-order valence-electron chi connectivity index (χ0n) is 13.4. The number of benzene rings is 1. The second-order valence-corrected chi connectivity index (χ2v) is 6.18. The van der Waals surface area contributed by atoms with E-state index < -0.39 is 21.5 Å². The molecule has 0 spiro atoms. The number of nitro benzene ring substituents is 1. The Bertz CT molecular complexity index is 1030. The van der Waals surface area contributed by atoms with Crippen LogP contribution >= 0.6 is 11.8 Å². The normalized spacial score (nSPS) is 11.0. The minimum absolute atomic E-state index is 0.000840. The van der Waals surface area contributed by atoms with Gasteiger partial charge in [0.1, 0.15) is 10.7 Å². The molecule has 136 valence electrons. The van der Waals surface area contributed by atoms with E-state index in [0.717, 1.165) is 11.0 Å². The van der Waals surface area contributed by atoms with Crippen molar-refractivity contribution in [3.63, 3.8) is 0 Å². The first-order valence-corrected chi connectivity index (χ1v) is 8.23. The molecule has 0 radical (unpaired) electrons. The predicted molar refractivity (Wildman–Crippen MR) is 94.7 cm³/mol. The van der Waals surface area contributed by atoms with Crippen LogP contribution in [0.4, 0.5) is 11.6 Å². The van der Waals surface area contributed by atoms with Crippen molar-refractivity contribution in [3.8, 4) is 0 Å². The summed E-state index contributed by atoms with van der Waals surface area (Å²) >= 11 is 1.26. The number of nitrogens with zero attached hydrogens (tertiary/aromatic N) is 2. The monoisotopic (exact) mass is 386 g/mol. The minimum Gasteiger partial charge on any atom is -0.450 e. The van der Waals surface area contributed by atoms with Gasteiger partial charge in [-0.3, -0.25) is 25.0 Å². The number of carbonyl (C=O) groups is 1. The molecule has 27 heavy (non-hydrogen) atoms. The van der Waals surface area contributed by atoms with E-state index in [1.165, 1.54) is 42.1 Å². The average molecular weight is 386 g/mol. The maximum Gasteiger partial charge on any atom is 0.433 e. The van der Waals surface area contributed by atoms with E-state index in [1.54, 1.807) is 24.3 Å². The number of hydrogen-bond donors (Lipinski definition) is 0. The number of allylic oxidation sites excluding steroid dienone is 1. The second-order valence-electron chi connectivity index (χ2n) is 5.10. The standard InChI is InChI=1S/C17H10N2O7S/c20-14(15-8-9-16(26-15)19(23)24)7-3-12-4-10-17(25-12)27-13-5-1-11(2-6-13)18(21)22/h1-10H. The van der Waals surface area contributed by atoms with Crippen LogP contribution in [0.2, 0.25) is 0 Å². The average Bonchev–Trinajstić information content (AvgIpc) is 3.30. The van der Waals surface area contributed by atoms with Crippen LogP contribution < -0.4 is 0 Å². The summed E-state index contributed by atoms with van der Waals surface area (Å²) in [5.41, 5.74) is -0.000840. The largest absolute Gasteiger partial charge is 0.450 e. The van der Waals surface area contributed by atoms with Crippen LogP contribution in [0.3, 0.4) is 0 Å². The number of rotatable bonds is 7. The van der Waals surface area contributed by atoms with Crippen molar-refractivity contribution >= 4 is 35.2 Å². The SMILES string of the molecule is O=C(C=Cc1ccc(Sc2ccc([N+](=O)[O-])cc2)o1)c1ccc([N+](=O)[O-])o1. The van der Waals surface area contributed by atoms with Crippen LogP contribution in [-0.4, -0.2) is 15.6 Å². The summed E-state index contributed by atoms with van der Waals surface area (Å²) in [6, 6.07) is 11.7. The lowest BCUT2D eigenvalue weighted by molar-refractivity contribution is -0.402. The number of nitro groups is 2. The van der Waals surface area contributed by atoms with Crippen molar-refractivity contribution < 1.29 is 23.5 Å². The molecule has 0 atom stereocenters. The van der Waals surface area contributed by atoms with Crippen LogP contribution in [0.25, 0.3) is 6.08 Å². The molecule has 0 aliphatic heterocycles. The molecular weight excluding hydrogens is 376 g/mol. The summed E-state index contributed by atoms with van der Waals surface area (Å²) in [5.74, 6) is -0.797. The van der Waals surface area contributed by atoms with Crippen LogP contribution in [0, 0.1) is 20.2 Å². The molecule has 10 heteroatoms. The number of non-ortho nitro benzene ring substituents is 1. The molecule has 0 saturated heterocycles. The van der Waals surface area contributed by atoms with Gasteiger partial charge in [0.2, 0.25) is 5.78 Å². The Morgan fingerprint density at radius 3 is 2.30 bits per heavy atom. The van der Waals surface area contributed by atoms with Crippen molar-refractivity contribution in [1.29, 1.82) is 0 Å². The summed E-state index contributed by atoms with van der Waals surface area (Å²) in [4.78, 5) is 32.7. The van der Waals surface area contributed by atoms with Crippen molar-refractivity contribution in [2.45, 2.75) is 9.99 Å². The molecule has 9 nitrogen and oxygen atoms in total. The summed E-state index contributed by atoms with van der Waals surface area (Å²) < 4.78 is 10.4. The molecule has 0 unspecified atom stereocenters. The molecular formula is C17H10N2O7S. The quantitative estimate of drug-likeness (QED) is 0.246. The molecule has 3 rings (SSSR count). The van der Waals surface area contributed by atoms with Crippen molar-refractivity contribution in [2.24, 2.45) is 0 Å². The maximum atomic E-state index is 11.9. The van der Waals surface area contributed by atoms with Crippen LogP contribution in [-0.2, 0) is 0 Å². The highest BCUT2D eigenvalue weighted by molar-refractivity contribution is 7.99. The third-order valence-corrected chi connectivity index (χ3v) is 4.21. The molecule has 3 aromatic rings. The first-order chi connectivity index (χ1) is 12.9. The van der Waals surface area contributed by atoms with Crippen LogP contribution in [0.1, 0.15) is 16.3 Å². The molecule has 0 amide bonds. The fraction of sp³-hybridized carbons (Fsp3) is 0. The number of furan rings is 2. The smallest absolute Gasteiger partial charge is 0.433 e. The molecule has 0 aliphatic carbocycles. The second kappa shape index (κ2) is 7.70. The summed E-state index contributed by atoms with van der Waals surface area (Å²) in [7, 11) is 0. The van der Waals surface area contributed by atoms with Crippen LogP contribution in [0.15, 0.2) is 73.4 Å². The third-order valence-electron chi connectivity index (χ3n) is 3.28. The fourth-order valence-electron chi connectivity index (χ4n) is 2.03.